The van der Waals surface area contributed by atoms with Crippen molar-refractivity contribution in [3.63, 3.8) is 0 Å². The minimum atomic E-state index is -1.04. The van der Waals surface area contributed by atoms with E-state index in [4.69, 9.17) is 9.57 Å². The van der Waals surface area contributed by atoms with Crippen LogP contribution >= 0.6 is 0 Å². The summed E-state index contributed by atoms with van der Waals surface area (Å²) < 4.78 is 5.03. The fraction of sp³-hybridized carbons (Fsp3) is 0.750. The zero-order valence-electron chi connectivity index (χ0n) is 22.6. The molecule has 1 heterocycles. The molecule has 1 aliphatic heterocycles. The van der Waals surface area contributed by atoms with Crippen LogP contribution in [0.15, 0.2) is 12.7 Å². The SMILES string of the molecule is C=CCOC(=O)[C@H](CCC(=O)ON1C(=O)CCC1=O)NC(=O)CCCCCCCCCCCCCCC. The maximum atomic E-state index is 12.4. The van der Waals surface area contributed by atoms with E-state index in [9.17, 15) is 24.0 Å². The fourth-order valence-corrected chi connectivity index (χ4v) is 4.13. The van der Waals surface area contributed by atoms with Crippen molar-refractivity contribution in [2.24, 2.45) is 0 Å². The van der Waals surface area contributed by atoms with Gasteiger partial charge in [-0.25, -0.2) is 9.59 Å². The molecule has 9 heteroatoms. The van der Waals surface area contributed by atoms with Crippen molar-refractivity contribution >= 4 is 29.7 Å². The number of carbonyl (C=O) groups is 5. The summed E-state index contributed by atoms with van der Waals surface area (Å²) in [5.41, 5.74) is 0. The van der Waals surface area contributed by atoms with Gasteiger partial charge < -0.3 is 14.9 Å². The molecule has 1 fully saturated rings. The summed E-state index contributed by atoms with van der Waals surface area (Å²) in [7, 11) is 0. The summed E-state index contributed by atoms with van der Waals surface area (Å²) in [6.07, 6.45) is 17.1. The van der Waals surface area contributed by atoms with E-state index in [1.54, 1.807) is 0 Å². The van der Waals surface area contributed by atoms with E-state index in [1.165, 1.54) is 63.9 Å². The molecular weight excluding hydrogens is 476 g/mol. The number of hydroxylamine groups is 2. The molecule has 0 saturated carbocycles. The second-order valence-corrected chi connectivity index (χ2v) is 9.62. The van der Waals surface area contributed by atoms with Crippen LogP contribution in [0.1, 0.15) is 122 Å². The van der Waals surface area contributed by atoms with Gasteiger partial charge in [0.1, 0.15) is 12.6 Å². The minimum Gasteiger partial charge on any atom is -0.460 e. The lowest BCUT2D eigenvalue weighted by Crippen LogP contribution is -2.42. The van der Waals surface area contributed by atoms with E-state index in [0.717, 1.165) is 25.7 Å². The van der Waals surface area contributed by atoms with Gasteiger partial charge in [-0.05, 0) is 12.8 Å². The molecule has 210 valence electrons. The number of rotatable bonds is 22. The van der Waals surface area contributed by atoms with Crippen LogP contribution < -0.4 is 5.32 Å². The van der Waals surface area contributed by atoms with Gasteiger partial charge in [0.05, 0.1) is 6.42 Å². The highest BCUT2D eigenvalue weighted by Gasteiger charge is 2.33. The van der Waals surface area contributed by atoms with E-state index < -0.39 is 29.8 Å². The molecule has 0 radical (unpaired) electrons. The minimum absolute atomic E-state index is 0.00211. The molecule has 1 aliphatic rings. The van der Waals surface area contributed by atoms with Gasteiger partial charge in [-0.1, -0.05) is 96.6 Å². The summed E-state index contributed by atoms with van der Waals surface area (Å²) in [6.45, 7) is 5.70. The maximum Gasteiger partial charge on any atom is 0.333 e. The van der Waals surface area contributed by atoms with Gasteiger partial charge >= 0.3 is 11.9 Å². The van der Waals surface area contributed by atoms with E-state index >= 15 is 0 Å². The van der Waals surface area contributed by atoms with E-state index in [-0.39, 0.29) is 44.6 Å². The number of hydrogen-bond donors (Lipinski definition) is 1. The summed E-state index contributed by atoms with van der Waals surface area (Å²) in [6, 6.07) is -1.04. The first-order valence-electron chi connectivity index (χ1n) is 14.0. The molecule has 0 aromatic heterocycles. The maximum absolute atomic E-state index is 12.4. The molecular formula is C28H46N2O7. The van der Waals surface area contributed by atoms with Crippen LogP contribution in [0.3, 0.4) is 0 Å². The summed E-state index contributed by atoms with van der Waals surface area (Å²) in [5.74, 6) is -2.96. The molecule has 9 nitrogen and oxygen atoms in total. The molecule has 0 aromatic carbocycles. The first-order chi connectivity index (χ1) is 17.9. The van der Waals surface area contributed by atoms with Gasteiger partial charge in [0, 0.05) is 19.3 Å². The van der Waals surface area contributed by atoms with Crippen molar-refractivity contribution in [3.8, 4) is 0 Å². The second kappa shape index (κ2) is 20.4. The predicted molar refractivity (Wildman–Crippen MR) is 140 cm³/mol. The molecule has 0 aromatic rings. The van der Waals surface area contributed by atoms with Crippen LogP contribution in [0, 0.1) is 0 Å². The number of esters is 1. The average molecular weight is 523 g/mol. The highest BCUT2D eigenvalue weighted by atomic mass is 16.7. The number of nitrogens with one attached hydrogen (secondary N) is 1. The summed E-state index contributed by atoms with van der Waals surface area (Å²) >= 11 is 0. The molecule has 0 aliphatic carbocycles. The van der Waals surface area contributed by atoms with Crippen LogP contribution in [0.2, 0.25) is 0 Å². The number of unbranched alkanes of at least 4 members (excludes halogenated alkanes) is 12. The highest BCUT2D eigenvalue weighted by molar-refractivity contribution is 6.01. The number of amides is 3. The predicted octanol–water partition coefficient (Wildman–Crippen LogP) is 5.07. The third-order valence-corrected chi connectivity index (χ3v) is 6.31. The molecule has 0 bridgehead atoms. The van der Waals surface area contributed by atoms with Crippen LogP contribution in [-0.4, -0.2) is 47.4 Å². The topological polar surface area (TPSA) is 119 Å². The van der Waals surface area contributed by atoms with Gasteiger partial charge in [0.25, 0.3) is 11.8 Å². The Morgan fingerprint density at radius 2 is 1.38 bits per heavy atom. The van der Waals surface area contributed by atoms with Gasteiger partial charge in [-0.2, -0.15) is 0 Å². The Labute approximate surface area is 221 Å². The Kier molecular flexibility index (Phi) is 17.8. The van der Waals surface area contributed by atoms with Crippen molar-refractivity contribution in [2.75, 3.05) is 6.61 Å². The van der Waals surface area contributed by atoms with Crippen LogP contribution in [-0.2, 0) is 33.5 Å². The molecule has 0 spiro atoms. The first kappa shape index (κ1) is 32.3. The standard InChI is InChI=1S/C28H46N2O7/c1-3-5-6-7-8-9-10-11-12-13-14-15-16-17-24(31)29-23(28(35)36-22-4-2)18-21-27(34)37-30-25(32)19-20-26(30)33/h4,23H,2-3,5-22H2,1H3,(H,29,31)/t23-/m0/s1. The monoisotopic (exact) mass is 522 g/mol. The molecule has 1 atom stereocenters. The van der Waals surface area contributed by atoms with Crippen molar-refractivity contribution in [2.45, 2.75) is 129 Å². The van der Waals surface area contributed by atoms with Crippen molar-refractivity contribution in [1.82, 2.24) is 10.4 Å². The fourth-order valence-electron chi connectivity index (χ4n) is 4.13. The van der Waals surface area contributed by atoms with Gasteiger partial charge in [0.15, 0.2) is 0 Å². The first-order valence-corrected chi connectivity index (χ1v) is 14.0. The van der Waals surface area contributed by atoms with Crippen molar-refractivity contribution in [3.05, 3.63) is 12.7 Å². The van der Waals surface area contributed by atoms with Gasteiger partial charge in [-0.15, -0.1) is 5.06 Å². The van der Waals surface area contributed by atoms with Crippen molar-refractivity contribution < 1.29 is 33.5 Å². The number of nitrogens with zero attached hydrogens (tertiary/aromatic N) is 1. The third-order valence-electron chi connectivity index (χ3n) is 6.31. The molecule has 1 rings (SSSR count). The molecule has 3 amide bonds. The average Bonchev–Trinajstić information content (AvgIpc) is 3.19. The number of hydrogen-bond acceptors (Lipinski definition) is 7. The lowest BCUT2D eigenvalue weighted by Gasteiger charge is -2.18. The van der Waals surface area contributed by atoms with Crippen LogP contribution in [0.25, 0.3) is 0 Å². The molecule has 0 unspecified atom stereocenters. The van der Waals surface area contributed by atoms with Crippen molar-refractivity contribution in [1.29, 1.82) is 0 Å². The summed E-state index contributed by atoms with van der Waals surface area (Å²) in [4.78, 5) is 64.8. The second-order valence-electron chi connectivity index (χ2n) is 9.62. The van der Waals surface area contributed by atoms with Crippen LogP contribution in [0.4, 0.5) is 0 Å². The molecule has 1 saturated heterocycles. The largest absolute Gasteiger partial charge is 0.460 e. The zero-order valence-corrected chi connectivity index (χ0v) is 22.6. The van der Waals surface area contributed by atoms with Gasteiger partial charge in [0.2, 0.25) is 5.91 Å². The Hall–Kier alpha value is -2.71. The third kappa shape index (κ3) is 15.2. The Morgan fingerprint density at radius 3 is 1.89 bits per heavy atom. The quantitative estimate of drug-likeness (QED) is 0.0912. The lowest BCUT2D eigenvalue weighted by molar-refractivity contribution is -0.197. The highest BCUT2D eigenvalue weighted by Crippen LogP contribution is 2.15. The Balaban J connectivity index is 2.24. The molecule has 37 heavy (non-hydrogen) atoms. The number of imide groups is 1. The van der Waals surface area contributed by atoms with Crippen LogP contribution in [0.5, 0.6) is 0 Å². The Bertz CT molecular complexity index is 722. The zero-order chi connectivity index (χ0) is 27.3. The molecule has 1 N–H and O–H groups in total. The van der Waals surface area contributed by atoms with E-state index in [2.05, 4.69) is 18.8 Å². The van der Waals surface area contributed by atoms with Gasteiger partial charge in [-0.3, -0.25) is 14.4 Å². The van der Waals surface area contributed by atoms with E-state index in [0.29, 0.717) is 5.06 Å². The number of carbonyl (C=O) groups excluding carboxylic acids is 5. The smallest absolute Gasteiger partial charge is 0.333 e. The lowest BCUT2D eigenvalue weighted by atomic mass is 10.0. The summed E-state index contributed by atoms with van der Waals surface area (Å²) in [5, 5.41) is 3.09. The normalized spacial score (nSPS) is 13.9. The Morgan fingerprint density at radius 1 is 0.865 bits per heavy atom. The number of ether oxygens (including phenoxy) is 1. The van der Waals surface area contributed by atoms with E-state index in [1.807, 2.05) is 0 Å².